The van der Waals surface area contributed by atoms with Gasteiger partial charge in [-0.15, -0.1) is 0 Å². The van der Waals surface area contributed by atoms with E-state index < -0.39 is 6.67 Å². The van der Waals surface area contributed by atoms with Crippen molar-refractivity contribution in [2.45, 2.75) is 13.3 Å². The Morgan fingerprint density at radius 2 is 2.28 bits per heavy atom. The number of alkyl halides is 1. The number of benzene rings is 1. The second kappa shape index (κ2) is 7.66. The molecule has 0 saturated heterocycles. The molecule has 18 heavy (non-hydrogen) atoms. The minimum absolute atomic E-state index is 0.0239. The lowest BCUT2D eigenvalue weighted by atomic mass is 10.1. The largest absolute Gasteiger partial charge is 0.493 e. The quantitative estimate of drug-likeness (QED) is 0.723. The maximum Gasteiger partial charge on any atom is 0.251 e. The lowest BCUT2D eigenvalue weighted by Gasteiger charge is -2.10. The minimum atomic E-state index is -0.572. The van der Waals surface area contributed by atoms with Gasteiger partial charge in [-0.3, -0.25) is 4.79 Å². The van der Waals surface area contributed by atoms with Crippen molar-refractivity contribution in [1.29, 1.82) is 0 Å². The molecule has 4 nitrogen and oxygen atoms in total. The van der Waals surface area contributed by atoms with Gasteiger partial charge in [0.05, 0.1) is 6.61 Å². The van der Waals surface area contributed by atoms with E-state index >= 15 is 0 Å². The fourth-order valence-electron chi connectivity index (χ4n) is 1.43. The van der Waals surface area contributed by atoms with E-state index in [-0.39, 0.29) is 12.5 Å². The number of carbonyl (C=O) groups is 1. The Morgan fingerprint density at radius 3 is 2.94 bits per heavy atom. The van der Waals surface area contributed by atoms with Gasteiger partial charge in [-0.05, 0) is 37.6 Å². The van der Waals surface area contributed by atoms with Crippen molar-refractivity contribution < 1.29 is 13.9 Å². The van der Waals surface area contributed by atoms with Crippen molar-refractivity contribution in [2.24, 2.45) is 5.73 Å². The molecule has 0 fully saturated rings. The summed E-state index contributed by atoms with van der Waals surface area (Å²) < 4.78 is 17.5. The summed E-state index contributed by atoms with van der Waals surface area (Å²) in [6.45, 7) is 2.44. The number of nitrogens with two attached hydrogens (primary N) is 1. The van der Waals surface area contributed by atoms with Crippen LogP contribution in [-0.4, -0.2) is 32.3 Å². The minimum Gasteiger partial charge on any atom is -0.493 e. The smallest absolute Gasteiger partial charge is 0.251 e. The zero-order valence-electron chi connectivity index (χ0n) is 10.5. The van der Waals surface area contributed by atoms with E-state index in [1.807, 2.05) is 13.0 Å². The van der Waals surface area contributed by atoms with E-state index in [0.29, 0.717) is 24.5 Å². The SMILES string of the molecule is Cc1ccc(C(=O)NCCF)cc1OCCCN. The molecule has 0 heterocycles. The van der Waals surface area contributed by atoms with Gasteiger partial charge in [0.25, 0.3) is 5.91 Å². The zero-order chi connectivity index (χ0) is 13.4. The first-order valence-electron chi connectivity index (χ1n) is 5.96. The monoisotopic (exact) mass is 254 g/mol. The average molecular weight is 254 g/mol. The number of aryl methyl sites for hydroxylation is 1. The number of nitrogens with one attached hydrogen (secondary N) is 1. The highest BCUT2D eigenvalue weighted by molar-refractivity contribution is 5.94. The fourth-order valence-corrected chi connectivity index (χ4v) is 1.43. The first kappa shape index (κ1) is 14.4. The molecule has 0 aliphatic heterocycles. The predicted octanol–water partition coefficient (Wildman–Crippen LogP) is 1.42. The molecule has 0 saturated carbocycles. The van der Waals surface area contributed by atoms with Crippen LogP contribution in [0.4, 0.5) is 4.39 Å². The predicted molar refractivity (Wildman–Crippen MR) is 68.7 cm³/mol. The van der Waals surface area contributed by atoms with Crippen molar-refractivity contribution >= 4 is 5.91 Å². The molecule has 0 unspecified atom stereocenters. The number of hydrogen-bond acceptors (Lipinski definition) is 3. The van der Waals surface area contributed by atoms with Crippen molar-refractivity contribution in [1.82, 2.24) is 5.32 Å². The number of rotatable bonds is 7. The molecule has 0 radical (unpaired) electrons. The van der Waals surface area contributed by atoms with Gasteiger partial charge >= 0.3 is 0 Å². The topological polar surface area (TPSA) is 64.3 Å². The third-order valence-corrected chi connectivity index (χ3v) is 2.44. The summed E-state index contributed by atoms with van der Waals surface area (Å²) in [5.74, 6) is 0.368. The Hall–Kier alpha value is -1.62. The van der Waals surface area contributed by atoms with Crippen LogP contribution < -0.4 is 15.8 Å². The van der Waals surface area contributed by atoms with E-state index in [2.05, 4.69) is 5.32 Å². The number of halogens is 1. The highest BCUT2D eigenvalue weighted by Gasteiger charge is 2.08. The summed E-state index contributed by atoms with van der Waals surface area (Å²) in [6.07, 6.45) is 0.762. The van der Waals surface area contributed by atoms with Gasteiger partial charge in [-0.2, -0.15) is 0 Å². The summed E-state index contributed by atoms with van der Waals surface area (Å²) in [7, 11) is 0. The number of ether oxygens (including phenoxy) is 1. The number of amides is 1. The van der Waals surface area contributed by atoms with Crippen LogP contribution in [0.2, 0.25) is 0 Å². The van der Waals surface area contributed by atoms with Crippen molar-refractivity contribution in [3.63, 3.8) is 0 Å². The molecule has 0 bridgehead atoms. The van der Waals surface area contributed by atoms with E-state index in [1.165, 1.54) is 0 Å². The molecule has 1 amide bonds. The zero-order valence-corrected chi connectivity index (χ0v) is 10.5. The molecule has 1 rings (SSSR count). The van der Waals surface area contributed by atoms with Crippen LogP contribution in [0.5, 0.6) is 5.75 Å². The molecule has 0 aliphatic carbocycles. The van der Waals surface area contributed by atoms with E-state index in [4.69, 9.17) is 10.5 Å². The van der Waals surface area contributed by atoms with Gasteiger partial charge in [-0.1, -0.05) is 6.07 Å². The Balaban J connectivity index is 2.70. The first-order chi connectivity index (χ1) is 8.69. The molecule has 0 atom stereocenters. The average Bonchev–Trinajstić information content (AvgIpc) is 2.38. The second-order valence-electron chi connectivity index (χ2n) is 3.92. The maximum absolute atomic E-state index is 12.0. The number of carbonyl (C=O) groups excluding carboxylic acids is 1. The van der Waals surface area contributed by atoms with Gasteiger partial charge in [0.2, 0.25) is 0 Å². The third-order valence-electron chi connectivity index (χ3n) is 2.44. The normalized spacial score (nSPS) is 10.2. The maximum atomic E-state index is 12.0. The summed E-state index contributed by atoms with van der Waals surface area (Å²) in [4.78, 5) is 11.6. The number of hydrogen-bond donors (Lipinski definition) is 2. The molecule has 1 aromatic rings. The van der Waals surface area contributed by atoms with Crippen LogP contribution in [0.3, 0.4) is 0 Å². The van der Waals surface area contributed by atoms with Gasteiger partial charge in [0, 0.05) is 12.1 Å². The fraction of sp³-hybridized carbons (Fsp3) is 0.462. The third kappa shape index (κ3) is 4.33. The Bertz CT molecular complexity index is 397. The Labute approximate surface area is 106 Å². The van der Waals surface area contributed by atoms with Gasteiger partial charge in [-0.25, -0.2) is 4.39 Å². The molecular weight excluding hydrogens is 235 g/mol. The van der Waals surface area contributed by atoms with Gasteiger partial charge in [0.1, 0.15) is 12.4 Å². The molecule has 1 aromatic carbocycles. The molecule has 3 N–H and O–H groups in total. The molecule has 5 heteroatoms. The summed E-state index contributed by atoms with van der Waals surface area (Å²) in [5, 5.41) is 2.47. The Kier molecular flexibility index (Phi) is 6.14. The van der Waals surface area contributed by atoms with E-state index in [0.717, 1.165) is 12.0 Å². The highest BCUT2D eigenvalue weighted by atomic mass is 19.1. The van der Waals surface area contributed by atoms with Crippen LogP contribution >= 0.6 is 0 Å². The van der Waals surface area contributed by atoms with Crippen LogP contribution in [0.25, 0.3) is 0 Å². The molecule has 0 aliphatic rings. The second-order valence-corrected chi connectivity index (χ2v) is 3.92. The van der Waals surface area contributed by atoms with E-state index in [9.17, 15) is 9.18 Å². The standard InChI is InChI=1S/C13H19FN2O2/c1-10-3-4-11(13(17)16-7-5-14)9-12(10)18-8-2-6-15/h3-4,9H,2,5-8,15H2,1H3,(H,16,17). The van der Waals surface area contributed by atoms with Crippen LogP contribution in [0.1, 0.15) is 22.3 Å². The first-order valence-corrected chi connectivity index (χ1v) is 5.96. The molecule has 0 aromatic heterocycles. The lowest BCUT2D eigenvalue weighted by Crippen LogP contribution is -2.25. The summed E-state index contributed by atoms with van der Waals surface area (Å²) in [6, 6.07) is 5.17. The highest BCUT2D eigenvalue weighted by Crippen LogP contribution is 2.19. The van der Waals surface area contributed by atoms with E-state index in [1.54, 1.807) is 12.1 Å². The Morgan fingerprint density at radius 1 is 1.50 bits per heavy atom. The van der Waals surface area contributed by atoms with Gasteiger partial charge in [0.15, 0.2) is 0 Å². The van der Waals surface area contributed by atoms with Crippen molar-refractivity contribution in [3.8, 4) is 5.75 Å². The summed E-state index contributed by atoms with van der Waals surface area (Å²) >= 11 is 0. The molecule has 100 valence electrons. The molecule has 0 spiro atoms. The van der Waals surface area contributed by atoms with Crippen molar-refractivity contribution in [3.05, 3.63) is 29.3 Å². The van der Waals surface area contributed by atoms with Crippen LogP contribution in [0.15, 0.2) is 18.2 Å². The lowest BCUT2D eigenvalue weighted by molar-refractivity contribution is 0.0950. The van der Waals surface area contributed by atoms with Crippen LogP contribution in [0, 0.1) is 6.92 Å². The van der Waals surface area contributed by atoms with Crippen LogP contribution in [-0.2, 0) is 0 Å². The summed E-state index contributed by atoms with van der Waals surface area (Å²) in [5.41, 5.74) is 6.81. The van der Waals surface area contributed by atoms with Gasteiger partial charge < -0.3 is 15.8 Å². The molecular formula is C13H19FN2O2. The van der Waals surface area contributed by atoms with Crippen molar-refractivity contribution in [2.75, 3.05) is 26.4 Å².